The summed E-state index contributed by atoms with van der Waals surface area (Å²) in [6.45, 7) is 23.2. The van der Waals surface area contributed by atoms with Crippen molar-refractivity contribution >= 4 is 49.5 Å². The van der Waals surface area contributed by atoms with Crippen LogP contribution in [0.15, 0.2) is 81.5 Å². The first kappa shape index (κ1) is 41.0. The fourth-order valence-electron chi connectivity index (χ4n) is 6.65. The molecule has 279 valence electrons. The molecule has 0 saturated carbocycles. The zero-order valence-electron chi connectivity index (χ0n) is 32.9. The Morgan fingerprint density at radius 3 is 2.10 bits per heavy atom. The summed E-state index contributed by atoms with van der Waals surface area (Å²) in [6, 6.07) is 22.6. The van der Waals surface area contributed by atoms with Gasteiger partial charge in [-0.3, -0.25) is 9.78 Å². The Hall–Kier alpha value is -3.73. The molecule has 3 aromatic heterocycles. The summed E-state index contributed by atoms with van der Waals surface area (Å²) in [6.07, 6.45) is 7.55. The van der Waals surface area contributed by atoms with E-state index < -0.39 is 0 Å². The first-order valence-corrected chi connectivity index (χ1v) is 18.7. The maximum absolute atomic E-state index is 12.2. The van der Waals surface area contributed by atoms with Gasteiger partial charge in [-0.05, 0) is 61.3 Å². The fourth-order valence-corrected chi connectivity index (χ4v) is 6.65. The monoisotopic (exact) mass is 879 g/mol. The average Bonchev–Trinajstić information content (AvgIpc) is 3.67. The summed E-state index contributed by atoms with van der Waals surface area (Å²) < 4.78 is 12.6. The quantitative estimate of drug-likeness (QED) is 0.0843. The van der Waals surface area contributed by atoms with Gasteiger partial charge in [-0.15, -0.1) is 29.1 Å². The SMILES string of the molecule is CC(C)Cc1cc2cc3oc4c(-c5[c-]c6ccccc6c(C(C)(C)C)c5)nccc4c3cc2o1.CCC(C)(CC)C(=O)/C=C(\O)C(C)(CC)CC.[Ir]. The number of furan rings is 2. The van der Waals surface area contributed by atoms with Crippen LogP contribution in [0, 0.1) is 22.8 Å². The number of carbonyl (C=O) groups excluding carboxylic acids is 1. The Balaban J connectivity index is 0.000000289. The van der Waals surface area contributed by atoms with E-state index >= 15 is 0 Å². The number of aliphatic hydroxyl groups is 1. The van der Waals surface area contributed by atoms with E-state index in [0.29, 0.717) is 5.92 Å². The maximum Gasteiger partial charge on any atom is 0.164 e. The van der Waals surface area contributed by atoms with E-state index in [9.17, 15) is 9.90 Å². The van der Waals surface area contributed by atoms with Crippen LogP contribution >= 0.6 is 0 Å². The molecule has 5 nitrogen and oxygen atoms in total. The second-order valence-corrected chi connectivity index (χ2v) is 16.2. The largest absolute Gasteiger partial charge is 0.512 e. The van der Waals surface area contributed by atoms with E-state index in [2.05, 4.69) is 89.2 Å². The van der Waals surface area contributed by atoms with Crippen LogP contribution in [0.1, 0.15) is 113 Å². The van der Waals surface area contributed by atoms with E-state index in [1.807, 2.05) is 53.8 Å². The van der Waals surface area contributed by atoms with Gasteiger partial charge in [-0.1, -0.05) is 105 Å². The molecule has 0 bridgehead atoms. The minimum Gasteiger partial charge on any atom is -0.512 e. The Morgan fingerprint density at radius 1 is 0.827 bits per heavy atom. The number of pyridine rings is 1. The molecule has 0 fully saturated rings. The van der Waals surface area contributed by atoms with Crippen molar-refractivity contribution < 1.29 is 38.8 Å². The van der Waals surface area contributed by atoms with Gasteiger partial charge >= 0.3 is 0 Å². The second-order valence-electron chi connectivity index (χ2n) is 16.2. The molecular weight excluding hydrogens is 823 g/mol. The van der Waals surface area contributed by atoms with Crippen molar-refractivity contribution in [2.75, 3.05) is 0 Å². The van der Waals surface area contributed by atoms with Crippen molar-refractivity contribution in [3.63, 3.8) is 0 Å². The summed E-state index contributed by atoms with van der Waals surface area (Å²) >= 11 is 0. The van der Waals surface area contributed by atoms with E-state index in [-0.39, 0.29) is 47.9 Å². The molecule has 0 unspecified atom stereocenters. The van der Waals surface area contributed by atoms with Gasteiger partial charge in [0.2, 0.25) is 0 Å². The number of hydrogen-bond donors (Lipinski definition) is 1. The fraction of sp³-hybridized carbons (Fsp3) is 0.435. The minimum atomic E-state index is -0.337. The summed E-state index contributed by atoms with van der Waals surface area (Å²) in [4.78, 5) is 16.9. The van der Waals surface area contributed by atoms with Crippen LogP contribution in [0.4, 0.5) is 0 Å². The van der Waals surface area contributed by atoms with Gasteiger partial charge in [0.05, 0.1) is 0 Å². The van der Waals surface area contributed by atoms with Crippen molar-refractivity contribution in [3.8, 4) is 11.3 Å². The van der Waals surface area contributed by atoms with Crippen LogP contribution in [-0.4, -0.2) is 15.9 Å². The molecule has 3 heterocycles. The van der Waals surface area contributed by atoms with Crippen molar-refractivity contribution in [1.29, 1.82) is 0 Å². The number of carbonyl (C=O) groups is 1. The first-order chi connectivity index (χ1) is 24.1. The van der Waals surface area contributed by atoms with Crippen LogP contribution < -0.4 is 0 Å². The van der Waals surface area contributed by atoms with Gasteiger partial charge < -0.3 is 13.9 Å². The minimum absolute atomic E-state index is 0. The Kier molecular flexibility index (Phi) is 12.7. The molecule has 0 aliphatic heterocycles. The number of aliphatic hydroxyl groups excluding tert-OH is 1. The first-order valence-electron chi connectivity index (χ1n) is 18.7. The van der Waals surface area contributed by atoms with Gasteiger partial charge in [-0.2, -0.15) is 0 Å². The number of hydrogen-bond acceptors (Lipinski definition) is 5. The second kappa shape index (κ2) is 16.1. The molecule has 0 amide bonds. The molecule has 0 spiro atoms. The van der Waals surface area contributed by atoms with Gasteiger partial charge in [-0.25, -0.2) is 0 Å². The summed E-state index contributed by atoms with van der Waals surface area (Å²) in [5.41, 5.74) is 4.99. The summed E-state index contributed by atoms with van der Waals surface area (Å²) in [7, 11) is 0. The van der Waals surface area contributed by atoms with E-state index in [0.717, 1.165) is 87.4 Å². The molecular formula is C46H56IrNO4-. The molecule has 52 heavy (non-hydrogen) atoms. The molecule has 3 aromatic carbocycles. The summed E-state index contributed by atoms with van der Waals surface area (Å²) in [5.74, 6) is 1.85. The average molecular weight is 879 g/mol. The molecule has 6 heteroatoms. The molecule has 1 radical (unpaired) electrons. The van der Waals surface area contributed by atoms with E-state index in [4.69, 9.17) is 13.8 Å². The number of rotatable bonds is 10. The zero-order chi connectivity index (χ0) is 37.3. The molecule has 1 N–H and O–H groups in total. The molecule has 0 aliphatic rings. The zero-order valence-corrected chi connectivity index (χ0v) is 35.3. The Bertz CT molecular complexity index is 2200. The van der Waals surface area contributed by atoms with Crippen molar-refractivity contribution in [3.05, 3.63) is 90.0 Å². The number of fused-ring (bicyclic) bond motifs is 5. The number of ketones is 1. The maximum atomic E-state index is 12.2. The Morgan fingerprint density at radius 2 is 1.48 bits per heavy atom. The molecule has 0 atom stereocenters. The third-order valence-corrected chi connectivity index (χ3v) is 11.1. The van der Waals surface area contributed by atoms with Crippen LogP contribution in [0.5, 0.6) is 0 Å². The van der Waals surface area contributed by atoms with Crippen molar-refractivity contribution in [2.24, 2.45) is 16.7 Å². The number of nitrogens with zero attached hydrogens (tertiary/aromatic N) is 1. The molecule has 6 rings (SSSR count). The van der Waals surface area contributed by atoms with Gasteiger partial charge in [0.25, 0.3) is 0 Å². The smallest absolute Gasteiger partial charge is 0.164 e. The Labute approximate surface area is 323 Å². The number of aromatic nitrogens is 1. The molecule has 0 aliphatic carbocycles. The summed E-state index contributed by atoms with van der Waals surface area (Å²) in [5, 5.41) is 15.6. The van der Waals surface area contributed by atoms with Crippen LogP contribution in [0.2, 0.25) is 0 Å². The number of allylic oxidation sites excluding steroid dienone is 2. The molecule has 6 aromatic rings. The predicted molar refractivity (Wildman–Crippen MR) is 213 cm³/mol. The molecule has 0 saturated heterocycles. The van der Waals surface area contributed by atoms with Crippen LogP contribution in [0.25, 0.3) is 54.9 Å². The van der Waals surface area contributed by atoms with Crippen molar-refractivity contribution in [1.82, 2.24) is 4.98 Å². The van der Waals surface area contributed by atoms with E-state index in [1.54, 1.807) is 0 Å². The van der Waals surface area contributed by atoms with Crippen molar-refractivity contribution in [2.45, 2.75) is 114 Å². The predicted octanol–water partition coefficient (Wildman–Crippen LogP) is 13.5. The van der Waals surface area contributed by atoms with Crippen LogP contribution in [-0.2, 0) is 36.7 Å². The topological polar surface area (TPSA) is 76.5 Å². The number of benzene rings is 3. The third-order valence-electron chi connectivity index (χ3n) is 11.1. The normalized spacial score (nSPS) is 12.8. The van der Waals surface area contributed by atoms with Gasteiger partial charge in [0, 0.05) is 71.5 Å². The van der Waals surface area contributed by atoms with Crippen LogP contribution in [0.3, 0.4) is 0 Å². The third kappa shape index (κ3) is 8.24. The van der Waals surface area contributed by atoms with Gasteiger partial charge in [0.15, 0.2) is 5.78 Å². The van der Waals surface area contributed by atoms with E-state index in [1.165, 1.54) is 17.0 Å². The van der Waals surface area contributed by atoms with Gasteiger partial charge in [0.1, 0.15) is 28.3 Å². The standard InChI is InChI=1S/C31H28NO2.C15H28O2.Ir/c1-18(2)12-22-14-20-16-28-25(17-27(20)33-22)24-10-11-32-29(30(24)34-28)21-13-19-8-6-7-9-23(19)26(15-21)31(3,4)5;1-7-14(5,8-2)12(16)11-13(17)15(6,9-3)10-4;/h6-11,14-18H,12H2,1-5H3;11,16H,7-10H2,1-6H3;/q-1;;/b;12-11-;.